The van der Waals surface area contributed by atoms with Gasteiger partial charge in [-0.25, -0.2) is 0 Å². The molecule has 1 aromatic rings. The number of carbonyl (C=O) groups excluding carboxylic acids is 2. The van der Waals surface area contributed by atoms with Crippen LogP contribution in [0.2, 0.25) is 5.02 Å². The number of carbonyl (C=O) groups is 2. The van der Waals surface area contributed by atoms with Gasteiger partial charge in [0, 0.05) is 11.6 Å². The molecule has 0 bridgehead atoms. The zero-order valence-corrected chi connectivity index (χ0v) is 11.9. The fraction of sp³-hybridized carbons (Fsp3) is 0.333. The number of nitrogens with one attached hydrogen (secondary N) is 2. The molecule has 2 amide bonds. The molecule has 0 aromatic heterocycles. The van der Waals surface area contributed by atoms with E-state index in [4.69, 9.17) is 17.3 Å². The minimum Gasteiger partial charge on any atom is -0.354 e. The van der Waals surface area contributed by atoms with Crippen LogP contribution >= 0.6 is 24.0 Å². The van der Waals surface area contributed by atoms with Crippen LogP contribution in [0, 0.1) is 0 Å². The standard InChI is InChI=1S/C12H16ClN3O2.ClH/c13-10-4-2-1-3-9(10)5-6-15-12(18)8-16-11(17)7-14;/h1-4H,5-8,14H2,(H,15,18)(H,16,17);1H. The van der Waals surface area contributed by atoms with E-state index in [0.717, 1.165) is 5.56 Å². The lowest BCUT2D eigenvalue weighted by Crippen LogP contribution is -2.40. The summed E-state index contributed by atoms with van der Waals surface area (Å²) in [6, 6.07) is 7.46. The maximum absolute atomic E-state index is 11.3. The number of hydrogen-bond acceptors (Lipinski definition) is 3. The summed E-state index contributed by atoms with van der Waals surface area (Å²) in [6.07, 6.45) is 0.649. The van der Waals surface area contributed by atoms with Crippen LogP contribution in [0.5, 0.6) is 0 Å². The van der Waals surface area contributed by atoms with Crippen LogP contribution in [-0.4, -0.2) is 31.4 Å². The molecule has 0 aliphatic rings. The molecule has 0 radical (unpaired) electrons. The van der Waals surface area contributed by atoms with E-state index in [2.05, 4.69) is 10.6 Å². The molecule has 0 atom stereocenters. The van der Waals surface area contributed by atoms with Gasteiger partial charge in [0.25, 0.3) is 0 Å². The summed E-state index contributed by atoms with van der Waals surface area (Å²) in [5.74, 6) is -0.597. The molecule has 1 aromatic carbocycles. The molecule has 5 nitrogen and oxygen atoms in total. The second-order valence-electron chi connectivity index (χ2n) is 3.67. The van der Waals surface area contributed by atoms with Crippen LogP contribution in [0.25, 0.3) is 0 Å². The summed E-state index contributed by atoms with van der Waals surface area (Å²) in [4.78, 5) is 22.2. The van der Waals surface area contributed by atoms with Crippen molar-refractivity contribution < 1.29 is 9.59 Å². The average molecular weight is 306 g/mol. The molecule has 0 aliphatic carbocycles. The fourth-order valence-corrected chi connectivity index (χ4v) is 1.58. The van der Waals surface area contributed by atoms with Crippen LogP contribution in [0.4, 0.5) is 0 Å². The Morgan fingerprint density at radius 2 is 1.84 bits per heavy atom. The average Bonchev–Trinajstić information content (AvgIpc) is 2.38. The summed E-state index contributed by atoms with van der Waals surface area (Å²) in [5.41, 5.74) is 6.07. The number of amides is 2. The van der Waals surface area contributed by atoms with Crippen molar-refractivity contribution in [2.45, 2.75) is 6.42 Å². The summed E-state index contributed by atoms with van der Waals surface area (Å²) in [6.45, 7) is 0.298. The van der Waals surface area contributed by atoms with Crippen molar-refractivity contribution in [1.82, 2.24) is 10.6 Å². The lowest BCUT2D eigenvalue weighted by atomic mass is 10.1. The Kier molecular flexibility index (Phi) is 8.95. The van der Waals surface area contributed by atoms with Gasteiger partial charge < -0.3 is 16.4 Å². The molecule has 7 heteroatoms. The van der Waals surface area contributed by atoms with Gasteiger partial charge in [0.05, 0.1) is 13.1 Å². The van der Waals surface area contributed by atoms with Gasteiger partial charge in [-0.15, -0.1) is 12.4 Å². The van der Waals surface area contributed by atoms with Crippen LogP contribution in [0.15, 0.2) is 24.3 Å². The van der Waals surface area contributed by atoms with Gasteiger partial charge in [-0.05, 0) is 18.1 Å². The Morgan fingerprint density at radius 1 is 1.16 bits per heavy atom. The normalized spacial score (nSPS) is 9.37. The third-order valence-electron chi connectivity index (χ3n) is 2.31. The highest BCUT2D eigenvalue weighted by molar-refractivity contribution is 6.31. The van der Waals surface area contributed by atoms with E-state index in [9.17, 15) is 9.59 Å². The first kappa shape index (κ1) is 17.7. The number of halogens is 2. The molecule has 0 fully saturated rings. The summed E-state index contributed by atoms with van der Waals surface area (Å²) in [7, 11) is 0. The van der Waals surface area contributed by atoms with Crippen LogP contribution in [-0.2, 0) is 16.0 Å². The van der Waals surface area contributed by atoms with Crippen molar-refractivity contribution in [2.75, 3.05) is 19.6 Å². The molecule has 1 rings (SSSR count). The summed E-state index contributed by atoms with van der Waals surface area (Å²) in [5, 5.41) is 5.76. The van der Waals surface area contributed by atoms with Gasteiger partial charge in [-0.3, -0.25) is 9.59 Å². The molecule has 0 heterocycles. The highest BCUT2D eigenvalue weighted by Gasteiger charge is 2.04. The Labute approximate surface area is 123 Å². The summed E-state index contributed by atoms with van der Waals surface area (Å²) < 4.78 is 0. The Morgan fingerprint density at radius 3 is 2.47 bits per heavy atom. The van der Waals surface area contributed by atoms with Gasteiger partial charge in [0.15, 0.2) is 0 Å². The van der Waals surface area contributed by atoms with Crippen molar-refractivity contribution in [3.05, 3.63) is 34.9 Å². The lowest BCUT2D eigenvalue weighted by Gasteiger charge is -2.07. The van der Waals surface area contributed by atoms with Crippen molar-refractivity contribution in [3.63, 3.8) is 0 Å². The molecular weight excluding hydrogens is 289 g/mol. The van der Waals surface area contributed by atoms with Crippen LogP contribution < -0.4 is 16.4 Å². The quantitative estimate of drug-likeness (QED) is 0.715. The van der Waals surface area contributed by atoms with E-state index in [0.29, 0.717) is 18.0 Å². The molecule has 19 heavy (non-hydrogen) atoms. The Bertz CT molecular complexity index is 427. The molecule has 0 saturated heterocycles. The van der Waals surface area contributed by atoms with E-state index >= 15 is 0 Å². The van der Waals surface area contributed by atoms with Crippen molar-refractivity contribution in [2.24, 2.45) is 5.73 Å². The second-order valence-corrected chi connectivity index (χ2v) is 4.08. The summed E-state index contributed by atoms with van der Waals surface area (Å²) >= 11 is 5.98. The first-order valence-corrected chi connectivity index (χ1v) is 5.98. The number of hydrogen-bond donors (Lipinski definition) is 3. The van der Waals surface area contributed by atoms with Crippen molar-refractivity contribution in [1.29, 1.82) is 0 Å². The molecule has 0 aliphatic heterocycles. The highest BCUT2D eigenvalue weighted by Crippen LogP contribution is 2.14. The fourth-order valence-electron chi connectivity index (χ4n) is 1.35. The lowest BCUT2D eigenvalue weighted by molar-refractivity contribution is -0.125. The van der Waals surface area contributed by atoms with E-state index < -0.39 is 0 Å². The van der Waals surface area contributed by atoms with E-state index in [-0.39, 0.29) is 37.3 Å². The van der Waals surface area contributed by atoms with Crippen LogP contribution in [0.1, 0.15) is 5.56 Å². The van der Waals surface area contributed by atoms with Gasteiger partial charge in [0.2, 0.25) is 11.8 Å². The van der Waals surface area contributed by atoms with Gasteiger partial charge in [-0.1, -0.05) is 29.8 Å². The maximum atomic E-state index is 11.3. The third kappa shape index (κ3) is 7.00. The molecule has 0 unspecified atom stereocenters. The first-order valence-electron chi connectivity index (χ1n) is 5.60. The molecule has 4 N–H and O–H groups in total. The minimum atomic E-state index is -0.351. The van der Waals surface area contributed by atoms with E-state index in [1.807, 2.05) is 18.2 Å². The molecule has 0 spiro atoms. The predicted molar refractivity (Wildman–Crippen MR) is 77.5 cm³/mol. The predicted octanol–water partition coefficient (Wildman–Crippen LogP) is 0.495. The van der Waals surface area contributed by atoms with E-state index in [1.165, 1.54) is 0 Å². The Hall–Kier alpha value is -1.30. The monoisotopic (exact) mass is 305 g/mol. The maximum Gasteiger partial charge on any atom is 0.239 e. The van der Waals surface area contributed by atoms with Gasteiger partial charge in [-0.2, -0.15) is 0 Å². The van der Waals surface area contributed by atoms with Gasteiger partial charge in [0.1, 0.15) is 0 Å². The molecular formula is C12H17Cl2N3O2. The van der Waals surface area contributed by atoms with Crippen molar-refractivity contribution >= 4 is 35.8 Å². The largest absolute Gasteiger partial charge is 0.354 e. The van der Waals surface area contributed by atoms with Crippen LogP contribution in [0.3, 0.4) is 0 Å². The second kappa shape index (κ2) is 9.61. The SMILES string of the molecule is Cl.NCC(=O)NCC(=O)NCCc1ccccc1Cl. The number of nitrogens with two attached hydrogens (primary N) is 1. The van der Waals surface area contributed by atoms with E-state index in [1.54, 1.807) is 6.07 Å². The smallest absolute Gasteiger partial charge is 0.239 e. The topological polar surface area (TPSA) is 84.2 Å². The molecule has 106 valence electrons. The number of benzene rings is 1. The van der Waals surface area contributed by atoms with Crippen molar-refractivity contribution in [3.8, 4) is 0 Å². The highest BCUT2D eigenvalue weighted by atomic mass is 35.5. The zero-order valence-electron chi connectivity index (χ0n) is 10.3. The zero-order chi connectivity index (χ0) is 13.4. The Balaban J connectivity index is 0.00000324. The minimum absolute atomic E-state index is 0. The molecule has 0 saturated carbocycles. The number of rotatable bonds is 6. The first-order chi connectivity index (χ1) is 8.63. The van der Waals surface area contributed by atoms with Gasteiger partial charge >= 0.3 is 0 Å². The third-order valence-corrected chi connectivity index (χ3v) is 2.67.